The van der Waals surface area contributed by atoms with E-state index < -0.39 is 6.10 Å². The number of aromatic nitrogens is 2. The van der Waals surface area contributed by atoms with E-state index in [0.717, 1.165) is 30.8 Å². The molecule has 0 bridgehead atoms. The molecule has 116 valence electrons. The Bertz CT molecular complexity index is 406. The molecule has 4 N–H and O–H groups in total. The number of rotatable bonds is 9. The van der Waals surface area contributed by atoms with Gasteiger partial charge in [0.1, 0.15) is 0 Å². The molecule has 0 spiro atoms. The van der Waals surface area contributed by atoms with E-state index in [4.69, 9.17) is 10.8 Å². The molecule has 1 heterocycles. The van der Waals surface area contributed by atoms with Crippen molar-refractivity contribution in [3.63, 3.8) is 0 Å². The lowest BCUT2D eigenvalue weighted by molar-refractivity contribution is 0.0837. The van der Waals surface area contributed by atoms with Gasteiger partial charge in [-0.25, -0.2) is 0 Å². The third-order valence-corrected chi connectivity index (χ3v) is 3.53. The molecule has 0 aromatic carbocycles. The molecule has 1 unspecified atom stereocenters. The summed E-state index contributed by atoms with van der Waals surface area (Å²) < 4.78 is 1.76. The molecule has 0 radical (unpaired) electrons. The van der Waals surface area contributed by atoms with E-state index in [0.29, 0.717) is 25.3 Å². The average molecular weight is 284 g/mol. The molecule has 0 saturated heterocycles. The van der Waals surface area contributed by atoms with Gasteiger partial charge in [-0.2, -0.15) is 5.10 Å². The Morgan fingerprint density at radius 1 is 1.35 bits per heavy atom. The van der Waals surface area contributed by atoms with Gasteiger partial charge in [0.15, 0.2) is 0 Å². The van der Waals surface area contributed by atoms with Crippen LogP contribution < -0.4 is 5.73 Å². The zero-order valence-corrected chi connectivity index (χ0v) is 12.8. The molecule has 0 aliphatic carbocycles. The minimum Gasteiger partial charge on any atom is -0.396 e. The Hall–Kier alpha value is -1.11. The van der Waals surface area contributed by atoms with Gasteiger partial charge in [0.2, 0.25) is 0 Å². The monoisotopic (exact) mass is 284 g/mol. The molecule has 1 aromatic rings. The lowest BCUT2D eigenvalue weighted by Gasteiger charge is -2.24. The second kappa shape index (κ2) is 8.24. The average Bonchev–Trinajstić information content (AvgIpc) is 2.64. The number of hydrogen-bond acceptors (Lipinski definition) is 5. The highest BCUT2D eigenvalue weighted by Gasteiger charge is 2.15. The number of aliphatic hydroxyl groups is 2. The first-order chi connectivity index (χ1) is 9.49. The van der Waals surface area contributed by atoms with Gasteiger partial charge in [0.05, 0.1) is 36.3 Å². The zero-order valence-electron chi connectivity index (χ0n) is 12.8. The molecule has 1 aromatic heterocycles. The lowest BCUT2D eigenvalue weighted by atomic mass is 10.2. The van der Waals surface area contributed by atoms with E-state index in [2.05, 4.69) is 16.9 Å². The minimum absolute atomic E-state index is 0.114. The van der Waals surface area contributed by atoms with Crippen molar-refractivity contribution in [1.82, 2.24) is 14.7 Å². The number of nitrogens with zero attached hydrogens (tertiary/aromatic N) is 3. The number of unbranched alkanes of at least 4 members (excludes halogenated alkanes) is 1. The summed E-state index contributed by atoms with van der Waals surface area (Å²) in [6.07, 6.45) is 1.65. The van der Waals surface area contributed by atoms with Crippen LogP contribution in [0.5, 0.6) is 0 Å². The Morgan fingerprint density at radius 3 is 2.55 bits per heavy atom. The van der Waals surface area contributed by atoms with Crippen LogP contribution in [0.15, 0.2) is 0 Å². The van der Waals surface area contributed by atoms with Crippen molar-refractivity contribution in [3.8, 4) is 0 Å². The van der Waals surface area contributed by atoms with E-state index in [1.54, 1.807) is 4.68 Å². The molecular formula is C14H28N4O2. The summed E-state index contributed by atoms with van der Waals surface area (Å²) in [5.74, 6) is 0. The SMILES string of the molecule is CCCCN(CCO)CC(O)Cn1nc(C)c(N)c1C. The van der Waals surface area contributed by atoms with Crippen LogP contribution in [0.25, 0.3) is 0 Å². The van der Waals surface area contributed by atoms with Crippen LogP contribution in [-0.2, 0) is 6.54 Å². The molecule has 0 amide bonds. The molecule has 0 aliphatic rings. The predicted molar refractivity (Wildman–Crippen MR) is 80.6 cm³/mol. The van der Waals surface area contributed by atoms with E-state index >= 15 is 0 Å². The first-order valence-corrected chi connectivity index (χ1v) is 7.30. The van der Waals surface area contributed by atoms with Crippen LogP contribution in [0.3, 0.4) is 0 Å². The van der Waals surface area contributed by atoms with Gasteiger partial charge in [-0.15, -0.1) is 0 Å². The zero-order chi connectivity index (χ0) is 15.1. The molecule has 1 rings (SSSR count). The van der Waals surface area contributed by atoms with Gasteiger partial charge in [-0.3, -0.25) is 9.58 Å². The van der Waals surface area contributed by atoms with E-state index in [9.17, 15) is 5.11 Å². The number of aryl methyl sites for hydroxylation is 1. The molecule has 0 fully saturated rings. The smallest absolute Gasteiger partial charge is 0.0862 e. The summed E-state index contributed by atoms with van der Waals surface area (Å²) in [5.41, 5.74) is 8.27. The van der Waals surface area contributed by atoms with E-state index in [1.165, 1.54) is 0 Å². The number of hydrogen-bond donors (Lipinski definition) is 3. The summed E-state index contributed by atoms with van der Waals surface area (Å²) in [4.78, 5) is 2.09. The highest BCUT2D eigenvalue weighted by Crippen LogP contribution is 2.15. The van der Waals surface area contributed by atoms with Crippen molar-refractivity contribution in [3.05, 3.63) is 11.4 Å². The molecular weight excluding hydrogens is 256 g/mol. The Morgan fingerprint density at radius 2 is 2.05 bits per heavy atom. The van der Waals surface area contributed by atoms with Gasteiger partial charge < -0.3 is 15.9 Å². The standard InChI is InChI=1S/C14H28N4O2/c1-4-5-6-17(7-8-19)9-13(20)10-18-12(3)14(15)11(2)16-18/h13,19-20H,4-10,15H2,1-3H3. The van der Waals surface area contributed by atoms with Crippen LogP contribution >= 0.6 is 0 Å². The second-order valence-corrected chi connectivity index (χ2v) is 5.30. The minimum atomic E-state index is -0.518. The Labute approximate surface area is 121 Å². The maximum Gasteiger partial charge on any atom is 0.0862 e. The van der Waals surface area contributed by atoms with Gasteiger partial charge in [-0.05, 0) is 26.8 Å². The van der Waals surface area contributed by atoms with Crippen LogP contribution in [0, 0.1) is 13.8 Å². The van der Waals surface area contributed by atoms with Crippen LogP contribution in [0.2, 0.25) is 0 Å². The van der Waals surface area contributed by atoms with Crippen molar-refractivity contribution in [2.45, 2.75) is 46.3 Å². The van der Waals surface area contributed by atoms with Gasteiger partial charge in [-0.1, -0.05) is 13.3 Å². The molecule has 6 heteroatoms. The fourth-order valence-corrected chi connectivity index (χ4v) is 2.26. The molecule has 1 atom stereocenters. The van der Waals surface area contributed by atoms with Gasteiger partial charge in [0, 0.05) is 13.1 Å². The van der Waals surface area contributed by atoms with Crippen molar-refractivity contribution in [1.29, 1.82) is 0 Å². The van der Waals surface area contributed by atoms with Gasteiger partial charge in [0.25, 0.3) is 0 Å². The van der Waals surface area contributed by atoms with Gasteiger partial charge >= 0.3 is 0 Å². The predicted octanol–water partition coefficient (Wildman–Crippen LogP) is 0.537. The van der Waals surface area contributed by atoms with E-state index in [-0.39, 0.29) is 6.61 Å². The molecule has 20 heavy (non-hydrogen) atoms. The number of anilines is 1. The summed E-state index contributed by atoms with van der Waals surface area (Å²) >= 11 is 0. The largest absolute Gasteiger partial charge is 0.396 e. The third kappa shape index (κ3) is 4.77. The van der Waals surface area contributed by atoms with Crippen LogP contribution in [0.4, 0.5) is 5.69 Å². The Balaban J connectivity index is 2.55. The highest BCUT2D eigenvalue weighted by atomic mass is 16.3. The summed E-state index contributed by atoms with van der Waals surface area (Å²) in [5, 5.41) is 23.6. The fourth-order valence-electron chi connectivity index (χ4n) is 2.26. The second-order valence-electron chi connectivity index (χ2n) is 5.30. The van der Waals surface area contributed by atoms with Crippen molar-refractivity contribution >= 4 is 5.69 Å². The summed E-state index contributed by atoms with van der Waals surface area (Å²) in [6.45, 7) is 8.48. The fraction of sp³-hybridized carbons (Fsp3) is 0.786. The number of nitrogens with two attached hydrogens (primary N) is 1. The van der Waals surface area contributed by atoms with Crippen molar-refractivity contribution < 1.29 is 10.2 Å². The Kier molecular flexibility index (Phi) is 6.98. The van der Waals surface area contributed by atoms with Crippen molar-refractivity contribution in [2.75, 3.05) is 32.0 Å². The topological polar surface area (TPSA) is 87.5 Å². The first kappa shape index (κ1) is 16.9. The maximum atomic E-state index is 10.2. The molecule has 0 aliphatic heterocycles. The normalized spacial score (nSPS) is 13.1. The number of nitrogen functional groups attached to an aromatic ring is 1. The maximum absolute atomic E-state index is 10.2. The molecule has 6 nitrogen and oxygen atoms in total. The van der Waals surface area contributed by atoms with Crippen LogP contribution in [0.1, 0.15) is 31.2 Å². The quantitative estimate of drug-likeness (QED) is 0.616. The van der Waals surface area contributed by atoms with Crippen molar-refractivity contribution in [2.24, 2.45) is 0 Å². The first-order valence-electron chi connectivity index (χ1n) is 7.30. The van der Waals surface area contributed by atoms with E-state index in [1.807, 2.05) is 13.8 Å². The third-order valence-electron chi connectivity index (χ3n) is 3.53. The highest BCUT2D eigenvalue weighted by molar-refractivity contribution is 5.46. The summed E-state index contributed by atoms with van der Waals surface area (Å²) in [7, 11) is 0. The number of aliphatic hydroxyl groups excluding tert-OH is 2. The summed E-state index contributed by atoms with van der Waals surface area (Å²) in [6, 6.07) is 0. The molecule has 0 saturated carbocycles. The lowest BCUT2D eigenvalue weighted by Crippen LogP contribution is -2.37. The van der Waals surface area contributed by atoms with Crippen LogP contribution in [-0.4, -0.2) is 57.2 Å².